The van der Waals surface area contributed by atoms with E-state index in [1.165, 1.54) is 7.11 Å². The Balaban J connectivity index is 2.26. The van der Waals surface area contributed by atoms with Gasteiger partial charge in [0.05, 0.1) is 5.56 Å². The third-order valence-electron chi connectivity index (χ3n) is 3.00. The maximum atomic E-state index is 12.0. The molecule has 1 N–H and O–H groups in total. The number of likely N-dealkylation sites (N-methyl/N-ethyl adjacent to an activating group) is 1. The van der Waals surface area contributed by atoms with Crippen molar-refractivity contribution >= 4 is 11.6 Å². The van der Waals surface area contributed by atoms with Crippen LogP contribution in [0.4, 0.5) is 0 Å². The number of oxime groups is 1. The fourth-order valence-electron chi connectivity index (χ4n) is 1.95. The van der Waals surface area contributed by atoms with Crippen LogP contribution in [-0.4, -0.2) is 25.8 Å². The summed E-state index contributed by atoms with van der Waals surface area (Å²) in [5, 5.41) is 6.35. The summed E-state index contributed by atoms with van der Waals surface area (Å²) in [5.41, 5.74) is 1.80. The third-order valence-corrected chi connectivity index (χ3v) is 3.00. The standard InChI is InChI=1S/C17H18N2O3/c1-18-17(20)16(19-21-2)14-10-6-7-11-15(14)22-12-13-8-4-3-5-9-13/h3-11H,12H2,1-2H3,(H,18,20)/b19-16-. The third kappa shape index (κ3) is 3.85. The highest BCUT2D eigenvalue weighted by molar-refractivity contribution is 6.45. The van der Waals surface area contributed by atoms with Gasteiger partial charge < -0.3 is 14.9 Å². The summed E-state index contributed by atoms with van der Waals surface area (Å²) in [6, 6.07) is 17.0. The van der Waals surface area contributed by atoms with Gasteiger partial charge in [0.1, 0.15) is 19.5 Å². The van der Waals surface area contributed by atoms with E-state index < -0.39 is 0 Å². The molecule has 5 nitrogen and oxygen atoms in total. The average molecular weight is 298 g/mol. The molecule has 2 aromatic carbocycles. The molecule has 0 aliphatic rings. The van der Waals surface area contributed by atoms with Gasteiger partial charge in [0.2, 0.25) is 0 Å². The van der Waals surface area contributed by atoms with Crippen molar-refractivity contribution in [2.24, 2.45) is 5.16 Å². The summed E-state index contributed by atoms with van der Waals surface area (Å²) >= 11 is 0. The molecule has 2 aromatic rings. The Morgan fingerprint density at radius 1 is 1.09 bits per heavy atom. The summed E-state index contributed by atoms with van der Waals surface area (Å²) in [4.78, 5) is 16.7. The second-order valence-corrected chi connectivity index (χ2v) is 4.47. The van der Waals surface area contributed by atoms with Gasteiger partial charge in [-0.2, -0.15) is 0 Å². The summed E-state index contributed by atoms with van der Waals surface area (Å²) in [6.07, 6.45) is 0. The molecule has 0 atom stereocenters. The first-order chi connectivity index (χ1) is 10.8. The molecule has 0 bridgehead atoms. The minimum Gasteiger partial charge on any atom is -0.488 e. The minimum atomic E-state index is -0.336. The van der Waals surface area contributed by atoms with Crippen LogP contribution >= 0.6 is 0 Å². The van der Waals surface area contributed by atoms with E-state index >= 15 is 0 Å². The maximum absolute atomic E-state index is 12.0. The van der Waals surface area contributed by atoms with Crippen molar-refractivity contribution in [2.45, 2.75) is 6.61 Å². The van der Waals surface area contributed by atoms with Crippen molar-refractivity contribution in [1.29, 1.82) is 0 Å². The molecule has 0 saturated heterocycles. The number of benzene rings is 2. The summed E-state index contributed by atoms with van der Waals surface area (Å²) in [5.74, 6) is 0.239. The van der Waals surface area contributed by atoms with Crippen LogP contribution in [0.2, 0.25) is 0 Å². The first kappa shape index (κ1) is 15.6. The van der Waals surface area contributed by atoms with E-state index in [-0.39, 0.29) is 11.6 Å². The van der Waals surface area contributed by atoms with Gasteiger partial charge in [0, 0.05) is 7.05 Å². The molecule has 0 heterocycles. The Morgan fingerprint density at radius 2 is 1.77 bits per heavy atom. The molecule has 0 spiro atoms. The Hall–Kier alpha value is -2.82. The van der Waals surface area contributed by atoms with E-state index in [9.17, 15) is 4.79 Å². The zero-order valence-electron chi connectivity index (χ0n) is 12.6. The topological polar surface area (TPSA) is 59.9 Å². The predicted molar refractivity (Wildman–Crippen MR) is 84.8 cm³/mol. The first-order valence-corrected chi connectivity index (χ1v) is 6.85. The number of rotatable bonds is 6. The summed E-state index contributed by atoms with van der Waals surface area (Å²) < 4.78 is 5.83. The van der Waals surface area contributed by atoms with Crippen LogP contribution in [0, 0.1) is 0 Å². The molecule has 5 heteroatoms. The number of hydrogen-bond donors (Lipinski definition) is 1. The van der Waals surface area contributed by atoms with Crippen LogP contribution in [0.15, 0.2) is 59.8 Å². The van der Waals surface area contributed by atoms with Gasteiger partial charge in [-0.25, -0.2) is 0 Å². The second-order valence-electron chi connectivity index (χ2n) is 4.47. The molecule has 1 amide bonds. The predicted octanol–water partition coefficient (Wildman–Crippen LogP) is 2.36. The Bertz CT molecular complexity index is 654. The lowest BCUT2D eigenvalue weighted by Crippen LogP contribution is -2.29. The van der Waals surface area contributed by atoms with Gasteiger partial charge in [-0.15, -0.1) is 0 Å². The molecule has 2 rings (SSSR count). The largest absolute Gasteiger partial charge is 0.488 e. The molecule has 0 aliphatic heterocycles. The van der Waals surface area contributed by atoms with Gasteiger partial charge in [-0.05, 0) is 17.7 Å². The molecule has 114 valence electrons. The van der Waals surface area contributed by atoms with Crippen molar-refractivity contribution in [1.82, 2.24) is 5.32 Å². The molecule has 0 aromatic heterocycles. The number of nitrogens with zero attached hydrogens (tertiary/aromatic N) is 1. The number of nitrogens with one attached hydrogen (secondary N) is 1. The van der Waals surface area contributed by atoms with Gasteiger partial charge in [0.25, 0.3) is 5.91 Å². The van der Waals surface area contributed by atoms with Crippen LogP contribution in [0.3, 0.4) is 0 Å². The smallest absolute Gasteiger partial charge is 0.273 e. The fourth-order valence-corrected chi connectivity index (χ4v) is 1.95. The molecule has 0 aliphatic carbocycles. The molecule has 22 heavy (non-hydrogen) atoms. The zero-order chi connectivity index (χ0) is 15.8. The minimum absolute atomic E-state index is 0.175. The number of para-hydroxylation sites is 1. The van der Waals surface area contributed by atoms with E-state index in [1.807, 2.05) is 42.5 Å². The van der Waals surface area contributed by atoms with E-state index in [2.05, 4.69) is 10.5 Å². The van der Waals surface area contributed by atoms with Crippen LogP contribution in [0.25, 0.3) is 0 Å². The SMILES string of the molecule is CNC(=O)/C(=N\OC)c1ccccc1OCc1ccccc1. The molecule has 0 unspecified atom stereocenters. The number of hydrogen-bond acceptors (Lipinski definition) is 4. The lowest BCUT2D eigenvalue weighted by atomic mass is 10.1. The number of carbonyl (C=O) groups excluding carboxylic acids is 1. The quantitative estimate of drug-likeness (QED) is 0.658. The van der Waals surface area contributed by atoms with Crippen molar-refractivity contribution in [3.63, 3.8) is 0 Å². The number of carbonyl (C=O) groups is 1. The van der Waals surface area contributed by atoms with Crippen LogP contribution < -0.4 is 10.1 Å². The monoisotopic (exact) mass is 298 g/mol. The molecule has 0 radical (unpaired) electrons. The molecule has 0 saturated carbocycles. The highest BCUT2D eigenvalue weighted by Gasteiger charge is 2.18. The molecular weight excluding hydrogens is 280 g/mol. The van der Waals surface area contributed by atoms with E-state index in [1.54, 1.807) is 19.2 Å². The van der Waals surface area contributed by atoms with Crippen molar-refractivity contribution < 1.29 is 14.4 Å². The van der Waals surface area contributed by atoms with Crippen molar-refractivity contribution in [3.05, 3.63) is 65.7 Å². The van der Waals surface area contributed by atoms with Gasteiger partial charge >= 0.3 is 0 Å². The van der Waals surface area contributed by atoms with Gasteiger partial charge in [-0.1, -0.05) is 47.6 Å². The van der Waals surface area contributed by atoms with Crippen LogP contribution in [-0.2, 0) is 16.2 Å². The highest BCUT2D eigenvalue weighted by Crippen LogP contribution is 2.20. The Labute approximate surface area is 129 Å². The summed E-state index contributed by atoms with van der Waals surface area (Å²) in [7, 11) is 2.94. The number of amides is 1. The van der Waals surface area contributed by atoms with E-state index in [4.69, 9.17) is 9.57 Å². The van der Waals surface area contributed by atoms with Gasteiger partial charge in [0.15, 0.2) is 5.71 Å². The fraction of sp³-hybridized carbons (Fsp3) is 0.176. The van der Waals surface area contributed by atoms with E-state index in [0.29, 0.717) is 17.9 Å². The normalized spacial score (nSPS) is 10.9. The molecule has 0 fully saturated rings. The average Bonchev–Trinajstić information content (AvgIpc) is 2.58. The maximum Gasteiger partial charge on any atom is 0.273 e. The van der Waals surface area contributed by atoms with Crippen molar-refractivity contribution in [3.8, 4) is 5.75 Å². The Kier molecular flexibility index (Phi) is 5.54. The lowest BCUT2D eigenvalue weighted by Gasteiger charge is -2.12. The second kappa shape index (κ2) is 7.83. The lowest BCUT2D eigenvalue weighted by molar-refractivity contribution is -0.114. The Morgan fingerprint density at radius 3 is 2.45 bits per heavy atom. The zero-order valence-corrected chi connectivity index (χ0v) is 12.6. The van der Waals surface area contributed by atoms with Crippen LogP contribution in [0.1, 0.15) is 11.1 Å². The number of ether oxygens (including phenoxy) is 1. The van der Waals surface area contributed by atoms with Crippen molar-refractivity contribution in [2.75, 3.05) is 14.2 Å². The molecular formula is C17H18N2O3. The highest BCUT2D eigenvalue weighted by atomic mass is 16.6. The van der Waals surface area contributed by atoms with E-state index in [0.717, 1.165) is 5.56 Å². The van der Waals surface area contributed by atoms with Gasteiger partial charge in [-0.3, -0.25) is 4.79 Å². The summed E-state index contributed by atoms with van der Waals surface area (Å²) in [6.45, 7) is 0.409. The van der Waals surface area contributed by atoms with Crippen LogP contribution in [0.5, 0.6) is 5.75 Å². The first-order valence-electron chi connectivity index (χ1n) is 6.85.